The first-order valence-corrected chi connectivity index (χ1v) is 7.26. The second-order valence-electron chi connectivity index (χ2n) is 4.41. The molecule has 0 aliphatic rings. The van der Waals surface area contributed by atoms with Gasteiger partial charge < -0.3 is 15.4 Å². The van der Waals surface area contributed by atoms with Crippen LogP contribution >= 0.6 is 11.6 Å². The van der Waals surface area contributed by atoms with Crippen LogP contribution in [-0.2, 0) is 6.42 Å². The van der Waals surface area contributed by atoms with Crippen LogP contribution in [0.5, 0.6) is 5.75 Å². The van der Waals surface area contributed by atoms with Crippen LogP contribution < -0.4 is 15.4 Å². The van der Waals surface area contributed by atoms with E-state index in [-0.39, 0.29) is 0 Å². The summed E-state index contributed by atoms with van der Waals surface area (Å²) in [7, 11) is 1.59. The fourth-order valence-electron chi connectivity index (χ4n) is 1.88. The van der Waals surface area contributed by atoms with E-state index in [0.29, 0.717) is 10.8 Å². The quantitative estimate of drug-likeness (QED) is 0.848. The Morgan fingerprint density at radius 3 is 2.52 bits per heavy atom. The molecule has 0 atom stereocenters. The summed E-state index contributed by atoms with van der Waals surface area (Å²) in [5.41, 5.74) is 0.851. The number of aryl methyl sites for hydroxylation is 1. The Labute approximate surface area is 129 Å². The van der Waals surface area contributed by atoms with Crippen LogP contribution in [0.4, 0.5) is 17.3 Å². The van der Waals surface area contributed by atoms with Crippen LogP contribution in [-0.4, -0.2) is 23.6 Å². The van der Waals surface area contributed by atoms with Crippen LogP contribution in [0.15, 0.2) is 24.3 Å². The van der Waals surface area contributed by atoms with E-state index in [9.17, 15) is 0 Å². The molecular weight excluding hydrogens is 288 g/mol. The van der Waals surface area contributed by atoms with Crippen molar-refractivity contribution in [3.8, 4) is 5.75 Å². The van der Waals surface area contributed by atoms with Crippen LogP contribution in [0.1, 0.15) is 19.7 Å². The van der Waals surface area contributed by atoms with Gasteiger partial charge in [-0.2, -0.15) is 0 Å². The Morgan fingerprint density at radius 2 is 1.90 bits per heavy atom. The van der Waals surface area contributed by atoms with Crippen molar-refractivity contribution in [1.29, 1.82) is 0 Å². The largest absolute Gasteiger partial charge is 0.495 e. The third kappa shape index (κ3) is 3.98. The molecule has 0 aliphatic heterocycles. The second-order valence-corrected chi connectivity index (χ2v) is 4.82. The van der Waals surface area contributed by atoms with Gasteiger partial charge in [0.05, 0.1) is 12.1 Å². The van der Waals surface area contributed by atoms with Crippen molar-refractivity contribution >= 4 is 28.9 Å². The number of hydrogen-bond donors (Lipinski definition) is 2. The molecule has 0 aliphatic carbocycles. The summed E-state index contributed by atoms with van der Waals surface area (Å²) in [6.07, 6.45) is 0.775. The Morgan fingerprint density at radius 1 is 1.14 bits per heavy atom. The zero-order valence-electron chi connectivity index (χ0n) is 12.4. The number of nitrogens with one attached hydrogen (secondary N) is 2. The van der Waals surface area contributed by atoms with E-state index in [1.165, 1.54) is 0 Å². The SMILES string of the molecule is CCNc1cc(Nc2ccc(OC)c(Cl)c2)nc(CC)n1. The van der Waals surface area contributed by atoms with Crippen molar-refractivity contribution in [2.45, 2.75) is 20.3 Å². The average Bonchev–Trinajstić information content (AvgIpc) is 2.47. The van der Waals surface area contributed by atoms with E-state index in [2.05, 4.69) is 20.6 Å². The molecule has 1 aromatic carbocycles. The van der Waals surface area contributed by atoms with Crippen LogP contribution in [0.3, 0.4) is 0 Å². The molecule has 0 bridgehead atoms. The van der Waals surface area contributed by atoms with Crippen molar-refractivity contribution in [1.82, 2.24) is 9.97 Å². The van der Waals surface area contributed by atoms with E-state index in [0.717, 1.165) is 36.1 Å². The molecule has 0 radical (unpaired) electrons. The molecule has 0 spiro atoms. The minimum Gasteiger partial charge on any atom is -0.495 e. The number of rotatable bonds is 6. The first kappa shape index (κ1) is 15.4. The summed E-state index contributed by atoms with van der Waals surface area (Å²) in [6.45, 7) is 4.87. The summed E-state index contributed by atoms with van der Waals surface area (Å²) in [6, 6.07) is 7.39. The molecule has 0 saturated heterocycles. The molecule has 5 nitrogen and oxygen atoms in total. The molecule has 0 fully saturated rings. The maximum atomic E-state index is 6.13. The first-order valence-electron chi connectivity index (χ1n) is 6.88. The van der Waals surface area contributed by atoms with E-state index in [4.69, 9.17) is 16.3 Å². The Hall–Kier alpha value is -2.01. The molecule has 21 heavy (non-hydrogen) atoms. The first-order chi connectivity index (χ1) is 10.2. The second kappa shape index (κ2) is 7.13. The fourth-order valence-corrected chi connectivity index (χ4v) is 2.14. The van der Waals surface area contributed by atoms with Gasteiger partial charge in [-0.15, -0.1) is 0 Å². The van der Waals surface area contributed by atoms with E-state index in [1.54, 1.807) is 13.2 Å². The van der Waals surface area contributed by atoms with Crippen LogP contribution in [0.25, 0.3) is 0 Å². The van der Waals surface area contributed by atoms with Gasteiger partial charge >= 0.3 is 0 Å². The van der Waals surface area contributed by atoms with Gasteiger partial charge in [0.2, 0.25) is 0 Å². The van der Waals surface area contributed by atoms with E-state index in [1.807, 2.05) is 32.0 Å². The molecule has 112 valence electrons. The molecule has 0 unspecified atom stereocenters. The highest BCUT2D eigenvalue weighted by atomic mass is 35.5. The molecule has 6 heteroatoms. The lowest BCUT2D eigenvalue weighted by molar-refractivity contribution is 0.415. The maximum absolute atomic E-state index is 6.13. The van der Waals surface area contributed by atoms with Crippen molar-refractivity contribution < 1.29 is 4.74 Å². The predicted molar refractivity (Wildman–Crippen MR) is 86.9 cm³/mol. The van der Waals surface area contributed by atoms with Gasteiger partial charge in [-0.3, -0.25) is 0 Å². The van der Waals surface area contributed by atoms with Gasteiger partial charge in [0.1, 0.15) is 23.2 Å². The Balaban J connectivity index is 2.25. The number of halogens is 1. The lowest BCUT2D eigenvalue weighted by atomic mass is 10.3. The van der Waals surface area contributed by atoms with Crippen molar-refractivity contribution in [2.24, 2.45) is 0 Å². The van der Waals surface area contributed by atoms with Gasteiger partial charge in [-0.1, -0.05) is 18.5 Å². The van der Waals surface area contributed by atoms with Crippen LogP contribution in [0.2, 0.25) is 5.02 Å². The fraction of sp³-hybridized carbons (Fsp3) is 0.333. The number of benzene rings is 1. The van der Waals surface area contributed by atoms with Gasteiger partial charge in [-0.05, 0) is 25.1 Å². The number of hydrogen-bond acceptors (Lipinski definition) is 5. The monoisotopic (exact) mass is 306 g/mol. The molecule has 2 N–H and O–H groups in total. The molecule has 1 aromatic heterocycles. The lowest BCUT2D eigenvalue weighted by Gasteiger charge is -2.11. The summed E-state index contributed by atoms with van der Waals surface area (Å²) in [5, 5.41) is 6.99. The number of aromatic nitrogens is 2. The number of anilines is 3. The van der Waals surface area contributed by atoms with E-state index >= 15 is 0 Å². The van der Waals surface area contributed by atoms with Crippen LogP contribution in [0, 0.1) is 0 Å². The van der Waals surface area contributed by atoms with E-state index < -0.39 is 0 Å². The topological polar surface area (TPSA) is 59.1 Å². The highest BCUT2D eigenvalue weighted by molar-refractivity contribution is 6.32. The molecule has 0 saturated carbocycles. The molecule has 1 heterocycles. The smallest absolute Gasteiger partial charge is 0.137 e. The third-order valence-electron chi connectivity index (χ3n) is 2.87. The van der Waals surface area contributed by atoms with Gasteiger partial charge in [0.15, 0.2) is 0 Å². The minimum atomic E-state index is 0.555. The summed E-state index contributed by atoms with van der Waals surface area (Å²) in [4.78, 5) is 8.89. The van der Waals surface area contributed by atoms with Gasteiger partial charge in [0.25, 0.3) is 0 Å². The number of ether oxygens (including phenoxy) is 1. The van der Waals surface area contributed by atoms with Crippen molar-refractivity contribution in [2.75, 3.05) is 24.3 Å². The Kier molecular flexibility index (Phi) is 5.22. The third-order valence-corrected chi connectivity index (χ3v) is 3.17. The molecule has 0 amide bonds. The molecular formula is C15H19ClN4O. The number of nitrogens with zero attached hydrogens (tertiary/aromatic N) is 2. The normalized spacial score (nSPS) is 10.3. The summed E-state index contributed by atoms with van der Waals surface area (Å²) >= 11 is 6.13. The Bertz CT molecular complexity index is 619. The highest BCUT2D eigenvalue weighted by Gasteiger charge is 2.06. The molecule has 2 aromatic rings. The average molecular weight is 307 g/mol. The minimum absolute atomic E-state index is 0.555. The summed E-state index contributed by atoms with van der Waals surface area (Å²) < 4.78 is 5.14. The number of methoxy groups -OCH3 is 1. The van der Waals surface area contributed by atoms with Gasteiger partial charge in [-0.25, -0.2) is 9.97 Å². The standard InChI is InChI=1S/C15H19ClN4O/c1-4-13-19-14(17-5-2)9-15(20-13)18-10-6-7-12(21-3)11(16)8-10/h6-9H,4-5H2,1-3H3,(H2,17,18,19,20). The zero-order chi connectivity index (χ0) is 15.2. The highest BCUT2D eigenvalue weighted by Crippen LogP contribution is 2.28. The van der Waals surface area contributed by atoms with Crippen molar-refractivity contribution in [3.63, 3.8) is 0 Å². The lowest BCUT2D eigenvalue weighted by Crippen LogP contribution is -2.05. The van der Waals surface area contributed by atoms with Crippen molar-refractivity contribution in [3.05, 3.63) is 35.1 Å². The zero-order valence-corrected chi connectivity index (χ0v) is 13.2. The maximum Gasteiger partial charge on any atom is 0.137 e. The molecule has 2 rings (SSSR count). The van der Waals surface area contributed by atoms with Gasteiger partial charge in [0, 0.05) is 24.7 Å². The predicted octanol–water partition coefficient (Wildman–Crippen LogP) is 3.88. The summed E-state index contributed by atoms with van der Waals surface area (Å²) in [5.74, 6) is 2.98.